The predicted octanol–water partition coefficient (Wildman–Crippen LogP) is 1.84. The zero-order chi connectivity index (χ0) is 8.27. The Hall–Kier alpha value is -1.25. The van der Waals surface area contributed by atoms with Gasteiger partial charge >= 0.3 is 5.97 Å². The van der Waals surface area contributed by atoms with Crippen LogP contribution in [0.15, 0.2) is 23.0 Å². The molecule has 0 spiro atoms. The van der Waals surface area contributed by atoms with Gasteiger partial charge in [-0.1, -0.05) is 0 Å². The van der Waals surface area contributed by atoms with Crippen molar-refractivity contribution in [2.45, 2.75) is 20.0 Å². The van der Waals surface area contributed by atoms with E-state index < -0.39 is 0 Å². The van der Waals surface area contributed by atoms with Gasteiger partial charge in [0.1, 0.15) is 6.26 Å². The molecule has 1 aromatic rings. The quantitative estimate of drug-likeness (QED) is 0.610. The maximum absolute atomic E-state index is 11.0. The molecule has 0 radical (unpaired) electrons. The molecule has 1 heterocycles. The number of furan rings is 1. The highest BCUT2D eigenvalue weighted by Crippen LogP contribution is 2.03. The van der Waals surface area contributed by atoms with Gasteiger partial charge in [-0.3, -0.25) is 0 Å². The smallest absolute Gasteiger partial charge is 0.341 e. The number of hydrogen-bond acceptors (Lipinski definition) is 3. The van der Waals surface area contributed by atoms with Crippen molar-refractivity contribution >= 4 is 5.97 Å². The van der Waals surface area contributed by atoms with Crippen LogP contribution in [-0.2, 0) is 4.74 Å². The van der Waals surface area contributed by atoms with Crippen LogP contribution < -0.4 is 0 Å². The monoisotopic (exact) mass is 154 g/mol. The van der Waals surface area contributed by atoms with Crippen LogP contribution in [0.5, 0.6) is 0 Å². The second-order valence-corrected chi connectivity index (χ2v) is 2.47. The van der Waals surface area contributed by atoms with Crippen LogP contribution in [0.25, 0.3) is 0 Å². The van der Waals surface area contributed by atoms with Crippen molar-refractivity contribution in [3.63, 3.8) is 0 Å². The lowest BCUT2D eigenvalue weighted by Gasteiger charge is -2.04. The van der Waals surface area contributed by atoms with Crippen LogP contribution in [0.3, 0.4) is 0 Å². The van der Waals surface area contributed by atoms with Gasteiger partial charge in [-0.05, 0) is 19.9 Å². The fourth-order valence-corrected chi connectivity index (χ4v) is 0.663. The molecule has 0 unspecified atom stereocenters. The average Bonchev–Trinajstić information content (AvgIpc) is 2.35. The van der Waals surface area contributed by atoms with Gasteiger partial charge in [-0.25, -0.2) is 4.79 Å². The van der Waals surface area contributed by atoms with Gasteiger partial charge in [0.15, 0.2) is 0 Å². The summed E-state index contributed by atoms with van der Waals surface area (Å²) >= 11 is 0. The second kappa shape index (κ2) is 3.23. The van der Waals surface area contributed by atoms with Gasteiger partial charge in [0.2, 0.25) is 0 Å². The normalized spacial score (nSPS) is 10.1. The van der Waals surface area contributed by atoms with Gasteiger partial charge in [-0.15, -0.1) is 0 Å². The summed E-state index contributed by atoms with van der Waals surface area (Å²) in [7, 11) is 0. The summed E-state index contributed by atoms with van der Waals surface area (Å²) in [5.41, 5.74) is 0.457. The minimum Gasteiger partial charge on any atom is -0.472 e. The second-order valence-electron chi connectivity index (χ2n) is 2.47. The van der Waals surface area contributed by atoms with E-state index in [1.54, 1.807) is 19.9 Å². The summed E-state index contributed by atoms with van der Waals surface area (Å²) < 4.78 is 9.61. The fraction of sp³-hybridized carbons (Fsp3) is 0.375. The Bertz CT molecular complexity index is 223. The molecule has 0 aromatic carbocycles. The van der Waals surface area contributed by atoms with E-state index in [2.05, 4.69) is 0 Å². The Morgan fingerprint density at radius 2 is 2.36 bits per heavy atom. The summed E-state index contributed by atoms with van der Waals surface area (Å²) in [5.74, 6) is -0.339. The number of carbonyl (C=O) groups is 1. The maximum atomic E-state index is 11.0. The minimum atomic E-state index is -0.339. The number of rotatable bonds is 2. The Morgan fingerprint density at radius 3 is 2.82 bits per heavy atom. The van der Waals surface area contributed by atoms with E-state index in [0.717, 1.165) is 0 Å². The van der Waals surface area contributed by atoms with Crippen molar-refractivity contribution in [2.75, 3.05) is 0 Å². The van der Waals surface area contributed by atoms with Crippen molar-refractivity contribution in [2.24, 2.45) is 0 Å². The van der Waals surface area contributed by atoms with E-state index in [1.165, 1.54) is 12.5 Å². The first kappa shape index (κ1) is 7.85. The van der Waals surface area contributed by atoms with Crippen molar-refractivity contribution < 1.29 is 13.9 Å². The van der Waals surface area contributed by atoms with Crippen molar-refractivity contribution in [3.8, 4) is 0 Å². The third-order valence-electron chi connectivity index (χ3n) is 1.10. The van der Waals surface area contributed by atoms with Crippen LogP contribution in [0.1, 0.15) is 24.2 Å². The van der Waals surface area contributed by atoms with Crippen LogP contribution >= 0.6 is 0 Å². The molecule has 11 heavy (non-hydrogen) atoms. The van der Waals surface area contributed by atoms with E-state index in [9.17, 15) is 4.79 Å². The molecule has 0 aliphatic rings. The molecular weight excluding hydrogens is 144 g/mol. The number of esters is 1. The third-order valence-corrected chi connectivity index (χ3v) is 1.10. The molecule has 60 valence electrons. The van der Waals surface area contributed by atoms with Crippen LogP contribution in [-0.4, -0.2) is 12.1 Å². The summed E-state index contributed by atoms with van der Waals surface area (Å²) in [6.45, 7) is 3.61. The third kappa shape index (κ3) is 2.11. The molecule has 0 N–H and O–H groups in total. The standard InChI is InChI=1S/C8H10O3/c1-6(2)11-8(9)7-3-4-10-5-7/h3-6H,1-2H3. The predicted molar refractivity (Wildman–Crippen MR) is 39.3 cm³/mol. The molecular formula is C8H10O3. The van der Waals surface area contributed by atoms with E-state index in [-0.39, 0.29) is 12.1 Å². The van der Waals surface area contributed by atoms with E-state index in [0.29, 0.717) is 5.56 Å². The molecule has 0 aliphatic carbocycles. The molecule has 0 bridgehead atoms. The zero-order valence-electron chi connectivity index (χ0n) is 6.53. The average molecular weight is 154 g/mol. The molecule has 0 amide bonds. The molecule has 1 rings (SSSR count). The van der Waals surface area contributed by atoms with Crippen molar-refractivity contribution in [1.82, 2.24) is 0 Å². The lowest BCUT2D eigenvalue weighted by molar-refractivity contribution is 0.0377. The zero-order valence-corrected chi connectivity index (χ0v) is 6.53. The lowest BCUT2D eigenvalue weighted by Crippen LogP contribution is -2.10. The molecule has 0 aliphatic heterocycles. The number of carbonyl (C=O) groups excluding carboxylic acids is 1. The van der Waals surface area contributed by atoms with Gasteiger partial charge in [-0.2, -0.15) is 0 Å². The van der Waals surface area contributed by atoms with Gasteiger partial charge in [0, 0.05) is 0 Å². The number of ether oxygens (including phenoxy) is 1. The molecule has 0 atom stereocenters. The first-order valence-electron chi connectivity index (χ1n) is 3.43. The first-order chi connectivity index (χ1) is 5.20. The molecule has 0 fully saturated rings. The summed E-state index contributed by atoms with van der Waals surface area (Å²) in [4.78, 5) is 11.0. The lowest BCUT2D eigenvalue weighted by atomic mass is 10.3. The van der Waals surface area contributed by atoms with E-state index in [1.807, 2.05) is 0 Å². The van der Waals surface area contributed by atoms with E-state index in [4.69, 9.17) is 9.15 Å². The van der Waals surface area contributed by atoms with E-state index >= 15 is 0 Å². The Kier molecular flexibility index (Phi) is 2.31. The Balaban J connectivity index is 2.57. The molecule has 3 heteroatoms. The minimum absolute atomic E-state index is 0.0857. The highest BCUT2D eigenvalue weighted by Gasteiger charge is 2.08. The largest absolute Gasteiger partial charge is 0.472 e. The van der Waals surface area contributed by atoms with Crippen molar-refractivity contribution in [3.05, 3.63) is 24.2 Å². The molecule has 0 saturated heterocycles. The summed E-state index contributed by atoms with van der Waals surface area (Å²) in [6.07, 6.45) is 2.72. The highest BCUT2D eigenvalue weighted by atomic mass is 16.5. The van der Waals surface area contributed by atoms with Crippen LogP contribution in [0, 0.1) is 0 Å². The topological polar surface area (TPSA) is 39.4 Å². The van der Waals surface area contributed by atoms with Gasteiger partial charge in [0.25, 0.3) is 0 Å². The highest BCUT2D eigenvalue weighted by molar-refractivity contribution is 5.88. The van der Waals surface area contributed by atoms with Gasteiger partial charge < -0.3 is 9.15 Å². The SMILES string of the molecule is CC(C)OC(=O)c1ccoc1. The van der Waals surface area contributed by atoms with Crippen LogP contribution in [0.2, 0.25) is 0 Å². The van der Waals surface area contributed by atoms with Crippen molar-refractivity contribution in [1.29, 1.82) is 0 Å². The molecule has 3 nitrogen and oxygen atoms in total. The Morgan fingerprint density at radius 1 is 1.64 bits per heavy atom. The van der Waals surface area contributed by atoms with Gasteiger partial charge in [0.05, 0.1) is 17.9 Å². The summed E-state index contributed by atoms with van der Waals surface area (Å²) in [6, 6.07) is 1.57. The van der Waals surface area contributed by atoms with Crippen LogP contribution in [0.4, 0.5) is 0 Å². The Labute approximate surface area is 65.0 Å². The number of hydrogen-bond donors (Lipinski definition) is 0. The fourth-order valence-electron chi connectivity index (χ4n) is 0.663. The molecule has 0 saturated carbocycles. The summed E-state index contributed by atoms with van der Waals surface area (Å²) in [5, 5.41) is 0. The maximum Gasteiger partial charge on any atom is 0.341 e. The molecule has 1 aromatic heterocycles. The first-order valence-corrected chi connectivity index (χ1v) is 3.43.